The standard InChI is InChI=1S/C44H28N4/c1-3-9-31(10-4-1)38-27-25-34-23-24-35-26-28-39(46-43(35)42(34)45-38)32-19-15-29(16-20-32)30-17-21-33(22-18-30)41-37-13-7-8-14-40(37)47-44(48-41)36-11-5-2-6-12-36/h1-28H. The maximum atomic E-state index is 5.14. The maximum absolute atomic E-state index is 5.14. The summed E-state index contributed by atoms with van der Waals surface area (Å²) >= 11 is 0. The Morgan fingerprint density at radius 3 is 1.35 bits per heavy atom. The first-order valence-corrected chi connectivity index (χ1v) is 16.1. The molecule has 9 rings (SSSR count). The monoisotopic (exact) mass is 612 g/mol. The molecular weight excluding hydrogens is 585 g/mol. The largest absolute Gasteiger partial charge is 0.245 e. The van der Waals surface area contributed by atoms with Gasteiger partial charge in [0.25, 0.3) is 0 Å². The molecule has 0 atom stereocenters. The molecule has 0 aliphatic heterocycles. The summed E-state index contributed by atoms with van der Waals surface area (Å²) in [4.78, 5) is 20.1. The summed E-state index contributed by atoms with van der Waals surface area (Å²) in [6.07, 6.45) is 0. The van der Waals surface area contributed by atoms with Crippen LogP contribution < -0.4 is 0 Å². The van der Waals surface area contributed by atoms with Gasteiger partial charge < -0.3 is 0 Å². The number of hydrogen-bond donors (Lipinski definition) is 0. The lowest BCUT2D eigenvalue weighted by molar-refractivity contribution is 1.23. The van der Waals surface area contributed by atoms with E-state index in [4.69, 9.17) is 19.9 Å². The van der Waals surface area contributed by atoms with Crippen molar-refractivity contribution in [3.05, 3.63) is 170 Å². The van der Waals surface area contributed by atoms with Crippen LogP contribution in [0.4, 0.5) is 0 Å². The summed E-state index contributed by atoms with van der Waals surface area (Å²) in [7, 11) is 0. The summed E-state index contributed by atoms with van der Waals surface area (Å²) in [5, 5.41) is 3.20. The first-order valence-electron chi connectivity index (χ1n) is 16.1. The van der Waals surface area contributed by atoms with Crippen LogP contribution in [-0.2, 0) is 0 Å². The number of pyridine rings is 2. The van der Waals surface area contributed by atoms with E-state index in [1.807, 2.05) is 54.6 Å². The van der Waals surface area contributed by atoms with Gasteiger partial charge in [0.1, 0.15) is 0 Å². The van der Waals surface area contributed by atoms with E-state index in [0.29, 0.717) is 0 Å². The fourth-order valence-electron chi connectivity index (χ4n) is 6.37. The van der Waals surface area contributed by atoms with Crippen LogP contribution in [-0.4, -0.2) is 19.9 Å². The van der Waals surface area contributed by atoms with Crippen LogP contribution in [0.25, 0.3) is 89.0 Å². The summed E-state index contributed by atoms with van der Waals surface area (Å²) in [5.41, 5.74) is 12.1. The minimum Gasteiger partial charge on any atom is -0.245 e. The molecule has 0 fully saturated rings. The van der Waals surface area contributed by atoms with Gasteiger partial charge in [-0.3, -0.25) is 0 Å². The van der Waals surface area contributed by atoms with E-state index in [1.165, 1.54) is 0 Å². The molecule has 0 aliphatic rings. The SMILES string of the molecule is c1ccc(-c2ccc3ccc4ccc(-c5ccc(-c6ccc(-c7nc(-c8ccccc8)nc8ccccc78)cc6)cc5)nc4c3n2)cc1. The van der Waals surface area contributed by atoms with E-state index in [-0.39, 0.29) is 0 Å². The van der Waals surface area contributed by atoms with Gasteiger partial charge in [-0.25, -0.2) is 19.9 Å². The molecule has 3 heterocycles. The molecule has 48 heavy (non-hydrogen) atoms. The smallest absolute Gasteiger partial charge is 0.160 e. The molecule has 0 unspecified atom stereocenters. The van der Waals surface area contributed by atoms with Crippen molar-refractivity contribution in [2.24, 2.45) is 0 Å². The second kappa shape index (κ2) is 11.7. The molecule has 6 aromatic carbocycles. The van der Waals surface area contributed by atoms with E-state index in [2.05, 4.69) is 115 Å². The number of para-hydroxylation sites is 1. The minimum atomic E-state index is 0.728. The van der Waals surface area contributed by atoms with Crippen molar-refractivity contribution in [1.29, 1.82) is 0 Å². The molecule has 0 bridgehead atoms. The maximum Gasteiger partial charge on any atom is 0.160 e. The van der Waals surface area contributed by atoms with Crippen molar-refractivity contribution in [1.82, 2.24) is 19.9 Å². The fourth-order valence-corrected chi connectivity index (χ4v) is 6.37. The van der Waals surface area contributed by atoms with E-state index in [0.717, 1.165) is 89.0 Å². The summed E-state index contributed by atoms with van der Waals surface area (Å²) in [6.45, 7) is 0. The molecule has 9 aromatic rings. The third-order valence-corrected chi connectivity index (χ3v) is 8.90. The van der Waals surface area contributed by atoms with Gasteiger partial charge in [0.2, 0.25) is 0 Å². The average molecular weight is 613 g/mol. The Morgan fingerprint density at radius 2 is 0.750 bits per heavy atom. The Morgan fingerprint density at radius 1 is 0.292 bits per heavy atom. The number of fused-ring (bicyclic) bond motifs is 4. The topological polar surface area (TPSA) is 51.6 Å². The zero-order chi connectivity index (χ0) is 31.9. The first kappa shape index (κ1) is 27.8. The molecule has 224 valence electrons. The summed E-state index contributed by atoms with van der Waals surface area (Å²) in [5.74, 6) is 0.728. The first-order chi connectivity index (χ1) is 23.8. The van der Waals surface area contributed by atoms with Gasteiger partial charge in [-0.1, -0.05) is 152 Å². The quantitative estimate of drug-likeness (QED) is 0.181. The lowest BCUT2D eigenvalue weighted by Crippen LogP contribution is -1.95. The van der Waals surface area contributed by atoms with Crippen LogP contribution in [0.15, 0.2) is 170 Å². The van der Waals surface area contributed by atoms with Gasteiger partial charge in [-0.2, -0.15) is 0 Å². The lowest BCUT2D eigenvalue weighted by Gasteiger charge is -2.11. The van der Waals surface area contributed by atoms with Crippen LogP contribution in [0, 0.1) is 0 Å². The zero-order valence-corrected chi connectivity index (χ0v) is 26.0. The van der Waals surface area contributed by atoms with Crippen molar-refractivity contribution in [2.45, 2.75) is 0 Å². The van der Waals surface area contributed by atoms with Gasteiger partial charge in [0.05, 0.1) is 33.6 Å². The summed E-state index contributed by atoms with van der Waals surface area (Å²) < 4.78 is 0. The Bertz CT molecular complexity index is 2580. The van der Waals surface area contributed by atoms with Crippen LogP contribution in [0.1, 0.15) is 0 Å². The fraction of sp³-hybridized carbons (Fsp3) is 0. The van der Waals surface area contributed by atoms with Crippen LogP contribution >= 0.6 is 0 Å². The van der Waals surface area contributed by atoms with E-state index in [1.54, 1.807) is 0 Å². The van der Waals surface area contributed by atoms with Crippen LogP contribution in [0.3, 0.4) is 0 Å². The predicted molar refractivity (Wildman–Crippen MR) is 197 cm³/mol. The lowest BCUT2D eigenvalue weighted by atomic mass is 9.99. The average Bonchev–Trinajstić information content (AvgIpc) is 3.18. The molecule has 4 nitrogen and oxygen atoms in total. The Kier molecular flexibility index (Phi) is 6.76. The number of nitrogens with zero attached hydrogens (tertiary/aromatic N) is 4. The minimum absolute atomic E-state index is 0.728. The van der Waals surface area contributed by atoms with Crippen molar-refractivity contribution in [2.75, 3.05) is 0 Å². The molecular formula is C44H28N4. The highest BCUT2D eigenvalue weighted by Gasteiger charge is 2.13. The molecule has 0 spiro atoms. The van der Waals surface area contributed by atoms with Crippen molar-refractivity contribution < 1.29 is 0 Å². The van der Waals surface area contributed by atoms with E-state index in [9.17, 15) is 0 Å². The summed E-state index contributed by atoms with van der Waals surface area (Å²) in [6, 6.07) is 58.6. The van der Waals surface area contributed by atoms with Crippen molar-refractivity contribution >= 4 is 32.7 Å². The molecule has 0 amide bonds. The van der Waals surface area contributed by atoms with Crippen LogP contribution in [0.2, 0.25) is 0 Å². The highest BCUT2D eigenvalue weighted by Crippen LogP contribution is 2.33. The van der Waals surface area contributed by atoms with E-state index < -0.39 is 0 Å². The molecule has 0 saturated carbocycles. The van der Waals surface area contributed by atoms with Gasteiger partial charge >= 0.3 is 0 Å². The molecule has 0 saturated heterocycles. The number of hydrogen-bond acceptors (Lipinski definition) is 4. The Labute approximate surface area is 278 Å². The van der Waals surface area contributed by atoms with Crippen LogP contribution in [0.5, 0.6) is 0 Å². The number of aromatic nitrogens is 4. The predicted octanol–water partition coefficient (Wildman–Crippen LogP) is 11.1. The normalized spacial score (nSPS) is 11.3. The Balaban J connectivity index is 1.04. The van der Waals surface area contributed by atoms with Crippen molar-refractivity contribution in [3.8, 4) is 56.3 Å². The van der Waals surface area contributed by atoms with Gasteiger partial charge in [-0.15, -0.1) is 0 Å². The molecule has 3 aromatic heterocycles. The molecule has 4 heteroatoms. The molecule has 0 radical (unpaired) electrons. The zero-order valence-electron chi connectivity index (χ0n) is 26.0. The highest BCUT2D eigenvalue weighted by molar-refractivity contribution is 6.04. The number of rotatable bonds is 5. The van der Waals surface area contributed by atoms with Gasteiger partial charge in [-0.05, 0) is 29.3 Å². The highest BCUT2D eigenvalue weighted by atomic mass is 14.9. The van der Waals surface area contributed by atoms with Gasteiger partial charge in [0.15, 0.2) is 5.82 Å². The molecule has 0 aliphatic carbocycles. The third-order valence-electron chi connectivity index (χ3n) is 8.90. The van der Waals surface area contributed by atoms with E-state index >= 15 is 0 Å². The third kappa shape index (κ3) is 5.06. The Hall–Kier alpha value is -6.52. The number of benzene rings is 6. The van der Waals surface area contributed by atoms with Gasteiger partial charge in [0, 0.05) is 38.4 Å². The molecule has 0 N–H and O–H groups in total. The second-order valence-corrected chi connectivity index (χ2v) is 11.9. The van der Waals surface area contributed by atoms with Crippen molar-refractivity contribution in [3.63, 3.8) is 0 Å². The second-order valence-electron chi connectivity index (χ2n) is 11.9.